The van der Waals surface area contributed by atoms with Crippen LogP contribution in [0.25, 0.3) is 11.1 Å². The van der Waals surface area contributed by atoms with E-state index in [4.69, 9.17) is 23.8 Å². The number of carbonyl (C=O) groups excluding carboxylic acids is 5. The first-order valence-corrected chi connectivity index (χ1v) is 25.3. The molecule has 75 heavy (non-hydrogen) atoms. The Labute approximate surface area is 435 Å². The second kappa shape index (κ2) is 23.4. The van der Waals surface area contributed by atoms with Gasteiger partial charge in [-0.15, -0.1) is 20.3 Å². The number of carbonyl (C=O) groups is 5. The van der Waals surface area contributed by atoms with Crippen molar-refractivity contribution in [3.05, 3.63) is 119 Å². The van der Waals surface area contributed by atoms with E-state index in [1.807, 2.05) is 0 Å². The van der Waals surface area contributed by atoms with E-state index in [1.165, 1.54) is 31.4 Å². The van der Waals surface area contributed by atoms with E-state index in [2.05, 4.69) is 30.4 Å². The number of nitrogens with zero attached hydrogens (tertiary/aromatic N) is 5. The molecule has 402 valence electrons. The summed E-state index contributed by atoms with van der Waals surface area (Å²) in [5.41, 5.74) is -2.39. The Morgan fingerprint density at radius 3 is 2.13 bits per heavy atom. The molecule has 2 aromatic heterocycles. The van der Waals surface area contributed by atoms with E-state index in [-0.39, 0.29) is 35.2 Å². The molecule has 6 rings (SSSR count). The molecular weight excluding hydrogens is 1020 g/mol. The molecule has 0 aliphatic carbocycles. The fourth-order valence-corrected chi connectivity index (χ4v) is 8.29. The van der Waals surface area contributed by atoms with Crippen LogP contribution in [0.4, 0.5) is 19.1 Å². The number of aliphatic hydroxyl groups excluding tert-OH is 1. The summed E-state index contributed by atoms with van der Waals surface area (Å²) >= 11 is 0.844. The number of hydroxylamine groups is 2. The summed E-state index contributed by atoms with van der Waals surface area (Å²) < 4.78 is 78.5. The number of esters is 1. The number of ether oxygens (including phenoxy) is 4. The van der Waals surface area contributed by atoms with Gasteiger partial charge in [0.25, 0.3) is 17.9 Å². The van der Waals surface area contributed by atoms with E-state index in [9.17, 15) is 42.0 Å². The van der Waals surface area contributed by atoms with Gasteiger partial charge in [0.05, 0.1) is 23.4 Å². The summed E-state index contributed by atoms with van der Waals surface area (Å²) in [6.45, 7) is 11.9. The molecule has 26 heteroatoms. The van der Waals surface area contributed by atoms with Crippen molar-refractivity contribution in [1.29, 1.82) is 0 Å². The molecule has 3 aromatic carbocycles. The van der Waals surface area contributed by atoms with Crippen LogP contribution < -0.4 is 25.4 Å². The predicted octanol–water partition coefficient (Wildman–Crippen LogP) is 5.15. The Bertz CT molecular complexity index is 2970. The van der Waals surface area contributed by atoms with Gasteiger partial charge in [-0.2, -0.15) is 18.2 Å². The van der Waals surface area contributed by atoms with Gasteiger partial charge in [0.2, 0.25) is 6.20 Å². The zero-order valence-electron chi connectivity index (χ0n) is 42.3. The average molecular weight is 1080 g/mol. The number of oxime groups is 1. The minimum atomic E-state index is -5.15. The molecule has 0 radical (unpaired) electrons. The normalized spacial score (nSPS) is 15.5. The van der Waals surface area contributed by atoms with E-state index in [0.717, 1.165) is 17.4 Å². The summed E-state index contributed by atoms with van der Waals surface area (Å²) in [5.74, 6) is -4.10. The van der Waals surface area contributed by atoms with Crippen LogP contribution in [-0.4, -0.2) is 117 Å². The zero-order chi connectivity index (χ0) is 55.0. The lowest BCUT2D eigenvalue weighted by Crippen LogP contribution is -2.76. The number of anilines is 1. The van der Waals surface area contributed by atoms with Crippen LogP contribution in [0.5, 0.6) is 5.75 Å². The largest absolute Gasteiger partial charge is 0.489 e. The fraction of sp³-hybridized carbons (Fsp3) is 0.388. The van der Waals surface area contributed by atoms with Crippen LogP contribution in [0.15, 0.2) is 102 Å². The predicted molar refractivity (Wildman–Crippen MR) is 266 cm³/mol. The van der Waals surface area contributed by atoms with Crippen LogP contribution in [0.2, 0.25) is 0 Å². The van der Waals surface area contributed by atoms with Gasteiger partial charge in [-0.05, 0) is 78.6 Å². The molecule has 1 fully saturated rings. The Kier molecular flexibility index (Phi) is 17.7. The molecule has 0 bridgehead atoms. The van der Waals surface area contributed by atoms with E-state index in [1.54, 1.807) is 131 Å². The maximum atomic E-state index is 16.0. The minimum Gasteiger partial charge on any atom is -0.489 e. The molecule has 4 amide bonds. The number of aliphatic hydroxyl groups is 1. The van der Waals surface area contributed by atoms with Gasteiger partial charge >= 0.3 is 28.6 Å². The topological polar surface area (TPSA) is 289 Å². The number of amides is 4. The number of rotatable bonds is 20. The highest BCUT2D eigenvalue weighted by atomic mass is 32.3. The van der Waals surface area contributed by atoms with E-state index in [0.29, 0.717) is 21.8 Å². The molecular formula is C49H58FN8O15S2+. The molecule has 3 heterocycles. The van der Waals surface area contributed by atoms with Crippen molar-refractivity contribution in [2.45, 2.75) is 103 Å². The first kappa shape index (κ1) is 56.8. The van der Waals surface area contributed by atoms with Crippen molar-refractivity contribution in [2.24, 2.45) is 12.2 Å². The summed E-state index contributed by atoms with van der Waals surface area (Å²) in [4.78, 5) is 76.5. The molecule has 0 saturated carbocycles. The van der Waals surface area contributed by atoms with Crippen molar-refractivity contribution >= 4 is 62.5 Å². The van der Waals surface area contributed by atoms with Crippen LogP contribution in [0.1, 0.15) is 78.3 Å². The smallest absolute Gasteiger partial charge is 0.418 e. The van der Waals surface area contributed by atoms with Crippen LogP contribution in [0, 0.1) is 5.82 Å². The Balaban J connectivity index is 1.29. The lowest BCUT2D eigenvalue weighted by molar-refractivity contribution is -0.754. The highest BCUT2D eigenvalue weighted by Crippen LogP contribution is 2.34. The number of aromatic nitrogens is 3. The monoisotopic (exact) mass is 1080 g/mol. The van der Waals surface area contributed by atoms with Gasteiger partial charge in [0.15, 0.2) is 24.0 Å². The van der Waals surface area contributed by atoms with Gasteiger partial charge in [-0.25, -0.2) is 23.8 Å². The lowest BCUT2D eigenvalue weighted by Gasteiger charge is -2.50. The highest BCUT2D eigenvalue weighted by Gasteiger charge is 2.58. The number of halogens is 1. The Morgan fingerprint density at radius 1 is 0.947 bits per heavy atom. The SMILES string of the molecule is C[n+]1cc(-c2ccc(OCC(O/N=C(\C(=O)N[C@@H]3C(=O)N(OS(=O)(=O)O)C3(C)C)c3csc(NC(=O)OC(C)(C)C)n3)C(=O)OC(c3ccccc3)c3ccccc3)cc2F)cn1CC(O)CNC(=O)OC(C)(C)C. The maximum absolute atomic E-state index is 16.0. The zero-order valence-corrected chi connectivity index (χ0v) is 43.9. The average Bonchev–Trinajstić information content (AvgIpc) is 3.93. The third kappa shape index (κ3) is 15.7. The number of β-lactam (4-membered cyclic amide) rings is 1. The molecule has 23 nitrogen and oxygen atoms in total. The third-order valence-corrected chi connectivity index (χ3v) is 11.7. The second-order valence-corrected chi connectivity index (χ2v) is 21.3. The molecule has 5 N–H and O–H groups in total. The molecule has 1 aliphatic heterocycles. The molecule has 0 spiro atoms. The third-order valence-electron chi connectivity index (χ3n) is 10.6. The summed E-state index contributed by atoms with van der Waals surface area (Å²) in [6.07, 6.45) is -2.22. The highest BCUT2D eigenvalue weighted by molar-refractivity contribution is 7.80. The number of benzene rings is 3. The second-order valence-electron chi connectivity index (χ2n) is 19.4. The number of nitrogens with one attached hydrogen (secondary N) is 3. The van der Waals surface area contributed by atoms with Gasteiger partial charge in [-0.3, -0.25) is 19.5 Å². The summed E-state index contributed by atoms with van der Waals surface area (Å²) in [7, 11) is -3.46. The lowest BCUT2D eigenvalue weighted by atomic mass is 9.84. The van der Waals surface area contributed by atoms with Crippen LogP contribution >= 0.6 is 11.3 Å². The van der Waals surface area contributed by atoms with Gasteiger partial charge in [-0.1, -0.05) is 65.8 Å². The molecule has 3 atom stereocenters. The van der Waals surface area contributed by atoms with Crippen LogP contribution in [0.3, 0.4) is 0 Å². The van der Waals surface area contributed by atoms with E-state index < -0.39 is 99.6 Å². The van der Waals surface area contributed by atoms with Crippen molar-refractivity contribution in [2.75, 3.05) is 18.5 Å². The Morgan fingerprint density at radius 2 is 1.56 bits per heavy atom. The number of alkyl carbamates (subject to hydrolysis) is 1. The first-order valence-electron chi connectivity index (χ1n) is 23.0. The molecule has 2 unspecified atom stereocenters. The summed E-state index contributed by atoms with van der Waals surface area (Å²) in [5, 5.41) is 23.7. The fourth-order valence-electron chi connectivity index (χ4n) is 7.16. The van der Waals surface area contributed by atoms with Crippen molar-refractivity contribution in [3.8, 4) is 16.9 Å². The standard InChI is InChI=1S/C49H57FN8O15S2/c1-47(2,3)70-45(63)51-23-32(59)26-57-25-31(24-56(57)9)34-21-20-33(22-35(34)50)68-27-37(43(62)69-39(29-16-12-10-13-17-29)30-18-14-11-15-19-30)72-55-38(36-28-74-44(52-36)54-46(64)71-48(4,5)6)41(60)53-40-42(61)58(49(40,7)8)73-75(65,66)67/h10-22,24-25,28,32,37,39-40,59H,23,26-27H2,1-9H3,(H3-,51,52,53,54,60,63,64,65,66,67)/p+1/b55-38-/t32?,37?,40-/m1/s1. The number of aryl methyl sites for hydroxylation is 1. The van der Waals surface area contributed by atoms with Crippen molar-refractivity contribution in [1.82, 2.24) is 25.4 Å². The summed E-state index contributed by atoms with van der Waals surface area (Å²) in [6, 6.07) is 19.9. The quantitative estimate of drug-likeness (QED) is 0.0128. The van der Waals surface area contributed by atoms with Gasteiger partial charge in [0, 0.05) is 23.6 Å². The van der Waals surface area contributed by atoms with Gasteiger partial charge < -0.3 is 39.5 Å². The number of thiazole rings is 1. The van der Waals surface area contributed by atoms with Crippen molar-refractivity contribution in [3.63, 3.8) is 0 Å². The minimum absolute atomic E-state index is 0.0295. The maximum Gasteiger partial charge on any atom is 0.418 e. The van der Waals surface area contributed by atoms with Crippen molar-refractivity contribution < 1.29 is 79.2 Å². The van der Waals surface area contributed by atoms with Crippen LogP contribution in [-0.2, 0) is 61.7 Å². The first-order chi connectivity index (χ1) is 35.1. The molecule has 5 aromatic rings. The molecule has 1 aliphatic rings. The van der Waals surface area contributed by atoms with E-state index >= 15 is 4.39 Å². The number of hydrogen-bond donors (Lipinski definition) is 5. The van der Waals surface area contributed by atoms with Gasteiger partial charge in [0.1, 0.15) is 47.7 Å². The number of hydrogen-bond acceptors (Lipinski definition) is 17. The molecule has 1 saturated heterocycles. The Hall–Kier alpha value is -7.52.